The van der Waals surface area contributed by atoms with Gasteiger partial charge in [0.25, 0.3) is 0 Å². The number of nitrogens with zero attached hydrogens (tertiary/aromatic N) is 3. The highest BCUT2D eigenvalue weighted by atomic mass is 35.5. The lowest BCUT2D eigenvalue weighted by Gasteiger charge is -2.17. The minimum Gasteiger partial charge on any atom is -0.506 e. The van der Waals surface area contributed by atoms with Crippen molar-refractivity contribution in [2.45, 2.75) is 12.5 Å². The number of ether oxygens (including phenoxy) is 1. The average Bonchev–Trinajstić information content (AvgIpc) is 2.45. The first-order chi connectivity index (χ1) is 9.60. The number of phenols is 1. The van der Waals surface area contributed by atoms with Crippen molar-refractivity contribution >= 4 is 17.6 Å². The molecule has 1 aromatic rings. The second-order valence-electron chi connectivity index (χ2n) is 3.93. The highest BCUT2D eigenvalue weighted by Crippen LogP contribution is 2.27. The van der Waals surface area contributed by atoms with Gasteiger partial charge in [0.1, 0.15) is 11.8 Å². The molecular weight excluding hydrogens is 284 g/mol. The van der Waals surface area contributed by atoms with E-state index in [2.05, 4.69) is 15.3 Å². The first-order valence-corrected chi connectivity index (χ1v) is 6.28. The minimum atomic E-state index is -0.691. The molecule has 0 spiro atoms. The van der Waals surface area contributed by atoms with E-state index in [-0.39, 0.29) is 10.8 Å². The lowest BCUT2D eigenvalue weighted by Crippen LogP contribution is -2.30. The Morgan fingerprint density at radius 1 is 1.65 bits per heavy atom. The standard InChI is InChI=1S/C12H15ClN4O3/c1-20-12(19)11(15-5-2-6-16-17-14)8-3-4-10(18)9(13)7-8/h3-4,7,11,15,18H,2,5-6H2,1H3. The van der Waals surface area contributed by atoms with Gasteiger partial charge < -0.3 is 15.2 Å². The van der Waals surface area contributed by atoms with Crippen LogP contribution in [0.2, 0.25) is 5.02 Å². The van der Waals surface area contributed by atoms with Gasteiger partial charge in [-0.15, -0.1) is 0 Å². The summed E-state index contributed by atoms with van der Waals surface area (Å²) in [5, 5.41) is 15.9. The van der Waals surface area contributed by atoms with E-state index >= 15 is 0 Å². The van der Waals surface area contributed by atoms with Gasteiger partial charge in [-0.3, -0.25) is 0 Å². The fourth-order valence-electron chi connectivity index (χ4n) is 1.60. The number of hydrogen-bond acceptors (Lipinski definition) is 5. The van der Waals surface area contributed by atoms with E-state index in [9.17, 15) is 9.90 Å². The molecule has 1 rings (SSSR count). The van der Waals surface area contributed by atoms with Crippen molar-refractivity contribution in [1.29, 1.82) is 0 Å². The van der Waals surface area contributed by atoms with Crippen molar-refractivity contribution in [3.8, 4) is 5.75 Å². The molecule has 0 saturated heterocycles. The third-order valence-corrected chi connectivity index (χ3v) is 2.89. The first kappa shape index (κ1) is 16.1. The molecular formula is C12H15ClN4O3. The topological polar surface area (TPSA) is 107 Å². The maximum absolute atomic E-state index is 11.8. The number of nitrogens with one attached hydrogen (secondary N) is 1. The number of carbonyl (C=O) groups is 1. The Hall–Kier alpha value is -1.95. The van der Waals surface area contributed by atoms with Crippen LogP contribution in [0.3, 0.4) is 0 Å². The molecule has 0 aliphatic carbocycles. The van der Waals surface area contributed by atoms with Gasteiger partial charge in [0.05, 0.1) is 12.1 Å². The zero-order valence-electron chi connectivity index (χ0n) is 10.9. The number of rotatable bonds is 7. The van der Waals surface area contributed by atoms with Crippen molar-refractivity contribution in [1.82, 2.24) is 5.32 Å². The lowest BCUT2D eigenvalue weighted by molar-refractivity contribution is -0.143. The summed E-state index contributed by atoms with van der Waals surface area (Å²) in [6.45, 7) is 0.811. The van der Waals surface area contributed by atoms with E-state index in [1.54, 1.807) is 6.07 Å². The highest BCUT2D eigenvalue weighted by Gasteiger charge is 2.21. The number of azide groups is 1. The molecule has 1 unspecified atom stereocenters. The Morgan fingerprint density at radius 3 is 3.00 bits per heavy atom. The largest absolute Gasteiger partial charge is 0.506 e. The molecule has 0 heterocycles. The van der Waals surface area contributed by atoms with Crippen molar-refractivity contribution < 1.29 is 14.6 Å². The molecule has 1 atom stereocenters. The molecule has 0 fully saturated rings. The van der Waals surface area contributed by atoms with Crippen LogP contribution < -0.4 is 5.32 Å². The van der Waals surface area contributed by atoms with E-state index in [1.165, 1.54) is 19.2 Å². The number of carbonyl (C=O) groups excluding carboxylic acids is 1. The molecule has 1 aromatic carbocycles. The van der Waals surface area contributed by atoms with E-state index in [4.69, 9.17) is 21.9 Å². The predicted molar refractivity (Wildman–Crippen MR) is 74.5 cm³/mol. The Bertz CT molecular complexity index is 517. The molecule has 7 nitrogen and oxygen atoms in total. The average molecular weight is 299 g/mol. The van der Waals surface area contributed by atoms with Crippen LogP contribution >= 0.6 is 11.6 Å². The van der Waals surface area contributed by atoms with Gasteiger partial charge in [-0.2, -0.15) is 0 Å². The summed E-state index contributed by atoms with van der Waals surface area (Å²) >= 11 is 5.82. The van der Waals surface area contributed by atoms with E-state index < -0.39 is 12.0 Å². The van der Waals surface area contributed by atoms with Crippen LogP contribution in [0.15, 0.2) is 23.3 Å². The fraction of sp³-hybridized carbons (Fsp3) is 0.417. The fourth-order valence-corrected chi connectivity index (χ4v) is 1.79. The summed E-state index contributed by atoms with van der Waals surface area (Å²) in [6, 6.07) is 3.81. The number of esters is 1. The number of methoxy groups -OCH3 is 1. The summed E-state index contributed by atoms with van der Waals surface area (Å²) < 4.78 is 4.73. The lowest BCUT2D eigenvalue weighted by atomic mass is 10.1. The van der Waals surface area contributed by atoms with Crippen molar-refractivity contribution in [3.05, 3.63) is 39.2 Å². The van der Waals surface area contributed by atoms with Crippen LogP contribution in [-0.4, -0.2) is 31.3 Å². The molecule has 20 heavy (non-hydrogen) atoms. The number of hydrogen-bond donors (Lipinski definition) is 2. The van der Waals surface area contributed by atoms with Gasteiger partial charge in [-0.05, 0) is 36.2 Å². The Labute approximate surface area is 121 Å². The van der Waals surface area contributed by atoms with Gasteiger partial charge >= 0.3 is 5.97 Å². The van der Waals surface area contributed by atoms with Crippen molar-refractivity contribution in [2.75, 3.05) is 20.2 Å². The summed E-state index contributed by atoms with van der Waals surface area (Å²) in [6.07, 6.45) is 0.587. The normalized spacial score (nSPS) is 11.5. The Kier molecular flexibility index (Phi) is 6.66. The quantitative estimate of drug-likeness (QED) is 0.265. The molecule has 0 saturated carbocycles. The SMILES string of the molecule is COC(=O)C(NCCCN=[N+]=[N-])c1ccc(O)c(Cl)c1. The zero-order chi connectivity index (χ0) is 15.0. The van der Waals surface area contributed by atoms with Gasteiger partial charge in [0.2, 0.25) is 0 Å². The smallest absolute Gasteiger partial charge is 0.327 e. The van der Waals surface area contributed by atoms with Crippen molar-refractivity contribution in [3.63, 3.8) is 0 Å². The van der Waals surface area contributed by atoms with Crippen molar-refractivity contribution in [2.24, 2.45) is 5.11 Å². The molecule has 0 radical (unpaired) electrons. The van der Waals surface area contributed by atoms with Gasteiger partial charge in [0.15, 0.2) is 0 Å². The molecule has 2 N–H and O–H groups in total. The molecule has 108 valence electrons. The molecule has 0 aliphatic rings. The van der Waals surface area contributed by atoms with E-state index in [1.807, 2.05) is 0 Å². The van der Waals surface area contributed by atoms with Crippen LogP contribution in [0.5, 0.6) is 5.75 Å². The summed E-state index contributed by atoms with van der Waals surface area (Å²) in [5.74, 6) is -0.516. The second kappa shape index (κ2) is 8.27. The number of phenolic OH excluding ortho intramolecular Hbond substituents is 1. The van der Waals surface area contributed by atoms with Gasteiger partial charge in [0, 0.05) is 11.5 Å². The summed E-state index contributed by atoms with van der Waals surface area (Å²) in [4.78, 5) is 14.4. The second-order valence-corrected chi connectivity index (χ2v) is 4.34. The predicted octanol–water partition coefficient (Wildman–Crippen LogP) is 2.55. The van der Waals surface area contributed by atoms with Crippen LogP contribution in [0.1, 0.15) is 18.0 Å². The zero-order valence-corrected chi connectivity index (χ0v) is 11.7. The van der Waals surface area contributed by atoms with Gasteiger partial charge in [-0.25, -0.2) is 4.79 Å². The third-order valence-electron chi connectivity index (χ3n) is 2.59. The maximum Gasteiger partial charge on any atom is 0.327 e. The van der Waals surface area contributed by atoms with Crippen LogP contribution in [0, 0.1) is 0 Å². The highest BCUT2D eigenvalue weighted by molar-refractivity contribution is 6.32. The maximum atomic E-state index is 11.8. The minimum absolute atomic E-state index is 0.0533. The molecule has 0 aliphatic heterocycles. The number of benzene rings is 1. The number of halogens is 1. The summed E-state index contributed by atoms with van der Waals surface area (Å²) in [5.41, 5.74) is 8.75. The first-order valence-electron chi connectivity index (χ1n) is 5.90. The Morgan fingerprint density at radius 2 is 2.40 bits per heavy atom. The van der Waals surface area contributed by atoms with Gasteiger partial charge in [-0.1, -0.05) is 22.8 Å². The van der Waals surface area contributed by atoms with Crippen LogP contribution in [0.25, 0.3) is 10.4 Å². The number of aromatic hydroxyl groups is 1. The van der Waals surface area contributed by atoms with Crippen LogP contribution in [-0.2, 0) is 9.53 Å². The summed E-state index contributed by atoms with van der Waals surface area (Å²) in [7, 11) is 1.29. The monoisotopic (exact) mass is 298 g/mol. The molecule has 8 heteroatoms. The molecule has 0 bridgehead atoms. The third kappa shape index (κ3) is 4.62. The van der Waals surface area contributed by atoms with E-state index in [0.29, 0.717) is 25.1 Å². The van der Waals surface area contributed by atoms with Crippen LogP contribution in [0.4, 0.5) is 0 Å². The molecule has 0 amide bonds. The van der Waals surface area contributed by atoms with E-state index in [0.717, 1.165) is 0 Å². The Balaban J connectivity index is 2.75. The molecule has 0 aromatic heterocycles.